The van der Waals surface area contributed by atoms with Crippen LogP contribution in [-0.4, -0.2) is 19.6 Å². The Labute approximate surface area is 223 Å². The summed E-state index contributed by atoms with van der Waals surface area (Å²) in [7, 11) is 0. The number of unbranched alkanes of at least 4 members (excludes halogenated alkanes) is 27. The van der Waals surface area contributed by atoms with E-state index in [9.17, 15) is 0 Å². The molecule has 2 nitrogen and oxygen atoms in total. The summed E-state index contributed by atoms with van der Waals surface area (Å²) in [6.45, 7) is 5.39. The van der Waals surface area contributed by atoms with Gasteiger partial charge >= 0.3 is 0 Å². The number of nitrogens with two attached hydrogens (primary N) is 1. The van der Waals surface area contributed by atoms with Crippen molar-refractivity contribution in [2.45, 2.75) is 193 Å². The van der Waals surface area contributed by atoms with Crippen molar-refractivity contribution in [3.05, 3.63) is 0 Å². The van der Waals surface area contributed by atoms with Crippen molar-refractivity contribution in [2.75, 3.05) is 19.6 Å². The minimum atomic E-state index is 0.812. The van der Waals surface area contributed by atoms with E-state index < -0.39 is 0 Å². The highest BCUT2D eigenvalue weighted by Gasteiger charge is 1.97. The van der Waals surface area contributed by atoms with Crippen LogP contribution in [0, 0.1) is 0 Å². The van der Waals surface area contributed by atoms with Crippen molar-refractivity contribution >= 4 is 0 Å². The van der Waals surface area contributed by atoms with Gasteiger partial charge in [-0.3, -0.25) is 0 Å². The topological polar surface area (TPSA) is 38.0 Å². The lowest BCUT2D eigenvalue weighted by molar-refractivity contribution is 0.513. The predicted molar refractivity (Wildman–Crippen MR) is 161 cm³/mol. The molecule has 0 spiro atoms. The molecule has 0 amide bonds. The molecule has 0 aromatic carbocycles. The fraction of sp³-hybridized carbons (Fsp3) is 1.00. The third-order valence-corrected chi connectivity index (χ3v) is 7.76. The standard InChI is InChI=1S/C33H70N2/c1-2-3-4-5-6-7-8-9-10-11-12-13-14-15-16-17-18-19-20-21-22-23-24-25-26-27-28-29-32-35-33-30-31-34/h35H,2-34H2,1H3. The maximum Gasteiger partial charge on any atom is -0.00369 e. The van der Waals surface area contributed by atoms with Gasteiger partial charge in [-0.2, -0.15) is 0 Å². The molecule has 0 rings (SSSR count). The Bertz CT molecular complexity index is 312. The smallest absolute Gasteiger partial charge is 0.00369 e. The van der Waals surface area contributed by atoms with Gasteiger partial charge in [0, 0.05) is 0 Å². The predicted octanol–water partition coefficient (Wildman–Crippen LogP) is 10.9. The van der Waals surface area contributed by atoms with Gasteiger partial charge in [-0.15, -0.1) is 0 Å². The van der Waals surface area contributed by atoms with Crippen molar-refractivity contribution in [3.8, 4) is 0 Å². The Hall–Kier alpha value is -0.0800. The lowest BCUT2D eigenvalue weighted by atomic mass is 10.0. The van der Waals surface area contributed by atoms with Crippen LogP contribution in [0.2, 0.25) is 0 Å². The summed E-state index contributed by atoms with van der Waals surface area (Å²) < 4.78 is 0. The molecular weight excluding hydrogens is 424 g/mol. The Morgan fingerprint density at radius 1 is 0.314 bits per heavy atom. The molecule has 35 heavy (non-hydrogen) atoms. The van der Waals surface area contributed by atoms with E-state index in [1.54, 1.807) is 0 Å². The van der Waals surface area contributed by atoms with E-state index >= 15 is 0 Å². The molecule has 2 heteroatoms. The largest absolute Gasteiger partial charge is 0.330 e. The lowest BCUT2D eigenvalue weighted by Gasteiger charge is -2.05. The molecule has 0 aromatic heterocycles. The van der Waals surface area contributed by atoms with Gasteiger partial charge in [0.05, 0.1) is 0 Å². The van der Waals surface area contributed by atoms with Gasteiger partial charge in [0.1, 0.15) is 0 Å². The number of rotatable bonds is 32. The summed E-state index contributed by atoms with van der Waals surface area (Å²) in [6.07, 6.45) is 42.1. The first-order valence-electron chi connectivity index (χ1n) is 16.8. The molecular formula is C33H70N2. The van der Waals surface area contributed by atoms with Crippen LogP contribution in [0.15, 0.2) is 0 Å². The summed E-state index contributed by atoms with van der Waals surface area (Å²) in [5.74, 6) is 0. The van der Waals surface area contributed by atoms with Crippen molar-refractivity contribution in [1.29, 1.82) is 0 Å². The summed E-state index contributed by atoms with van der Waals surface area (Å²) >= 11 is 0. The molecule has 0 aliphatic carbocycles. The zero-order chi connectivity index (χ0) is 25.3. The first kappa shape index (κ1) is 34.9. The quantitative estimate of drug-likeness (QED) is 0.0912. The molecule has 0 unspecified atom stereocenters. The number of hydrogen-bond donors (Lipinski definition) is 2. The van der Waals surface area contributed by atoms with E-state index in [0.29, 0.717) is 0 Å². The van der Waals surface area contributed by atoms with Crippen LogP contribution in [0.1, 0.15) is 193 Å². The first-order valence-corrected chi connectivity index (χ1v) is 16.8. The Kier molecular flexibility index (Phi) is 33.8. The zero-order valence-electron chi connectivity index (χ0n) is 24.7. The average molecular weight is 495 g/mol. The Balaban J connectivity index is 3.00. The van der Waals surface area contributed by atoms with E-state index in [1.807, 2.05) is 0 Å². The number of hydrogen-bond acceptors (Lipinski definition) is 2. The highest BCUT2D eigenvalue weighted by atomic mass is 14.8. The van der Waals surface area contributed by atoms with Crippen molar-refractivity contribution < 1.29 is 0 Å². The van der Waals surface area contributed by atoms with Gasteiger partial charge in [-0.05, 0) is 32.5 Å². The summed E-state index contributed by atoms with van der Waals surface area (Å²) in [5.41, 5.74) is 5.50. The summed E-state index contributed by atoms with van der Waals surface area (Å²) in [5, 5.41) is 3.48. The monoisotopic (exact) mass is 495 g/mol. The van der Waals surface area contributed by atoms with Gasteiger partial charge < -0.3 is 11.1 Å². The van der Waals surface area contributed by atoms with E-state index in [0.717, 1.165) is 19.5 Å². The van der Waals surface area contributed by atoms with E-state index in [2.05, 4.69) is 12.2 Å². The highest BCUT2D eigenvalue weighted by Crippen LogP contribution is 2.16. The molecule has 0 saturated carbocycles. The Morgan fingerprint density at radius 2 is 0.543 bits per heavy atom. The van der Waals surface area contributed by atoms with Gasteiger partial charge in [0.2, 0.25) is 0 Å². The van der Waals surface area contributed by atoms with Crippen LogP contribution in [0.5, 0.6) is 0 Å². The van der Waals surface area contributed by atoms with Crippen molar-refractivity contribution in [1.82, 2.24) is 5.32 Å². The molecule has 0 aliphatic heterocycles. The van der Waals surface area contributed by atoms with Crippen LogP contribution in [0.4, 0.5) is 0 Å². The van der Waals surface area contributed by atoms with Crippen LogP contribution in [-0.2, 0) is 0 Å². The Morgan fingerprint density at radius 3 is 0.800 bits per heavy atom. The second-order valence-electron chi connectivity index (χ2n) is 11.4. The van der Waals surface area contributed by atoms with Crippen molar-refractivity contribution in [3.63, 3.8) is 0 Å². The summed E-state index contributed by atoms with van der Waals surface area (Å²) in [4.78, 5) is 0. The minimum Gasteiger partial charge on any atom is -0.330 e. The fourth-order valence-corrected chi connectivity index (χ4v) is 5.27. The fourth-order valence-electron chi connectivity index (χ4n) is 5.27. The first-order chi connectivity index (χ1) is 17.4. The second-order valence-corrected chi connectivity index (χ2v) is 11.4. The van der Waals surface area contributed by atoms with E-state index in [1.165, 1.54) is 186 Å². The maximum atomic E-state index is 5.50. The van der Waals surface area contributed by atoms with E-state index in [-0.39, 0.29) is 0 Å². The summed E-state index contributed by atoms with van der Waals surface area (Å²) in [6, 6.07) is 0. The van der Waals surface area contributed by atoms with Crippen LogP contribution < -0.4 is 11.1 Å². The third-order valence-electron chi connectivity index (χ3n) is 7.76. The molecule has 0 fully saturated rings. The van der Waals surface area contributed by atoms with Gasteiger partial charge in [0.15, 0.2) is 0 Å². The zero-order valence-corrected chi connectivity index (χ0v) is 24.7. The number of nitrogens with one attached hydrogen (secondary N) is 1. The maximum absolute atomic E-state index is 5.50. The normalized spacial score (nSPS) is 11.5. The van der Waals surface area contributed by atoms with Crippen LogP contribution >= 0.6 is 0 Å². The lowest BCUT2D eigenvalue weighted by Crippen LogP contribution is -2.19. The highest BCUT2D eigenvalue weighted by molar-refractivity contribution is 4.53. The molecule has 0 heterocycles. The van der Waals surface area contributed by atoms with Gasteiger partial charge in [-0.25, -0.2) is 0 Å². The molecule has 212 valence electrons. The van der Waals surface area contributed by atoms with Crippen molar-refractivity contribution in [2.24, 2.45) is 5.73 Å². The SMILES string of the molecule is CCCCCCCCCCCCCCCCCCCCCCCCCCCCCCNCCCN. The molecule has 0 atom stereocenters. The molecule has 0 bridgehead atoms. The molecule has 3 N–H and O–H groups in total. The average Bonchev–Trinajstić information content (AvgIpc) is 2.87. The van der Waals surface area contributed by atoms with Gasteiger partial charge in [-0.1, -0.05) is 180 Å². The van der Waals surface area contributed by atoms with Gasteiger partial charge in [0.25, 0.3) is 0 Å². The second kappa shape index (κ2) is 33.9. The molecule has 0 aromatic rings. The molecule has 0 radical (unpaired) electrons. The van der Waals surface area contributed by atoms with Crippen LogP contribution in [0.3, 0.4) is 0 Å². The third kappa shape index (κ3) is 33.9. The molecule has 0 aliphatic rings. The molecule has 0 saturated heterocycles. The van der Waals surface area contributed by atoms with E-state index in [4.69, 9.17) is 5.73 Å². The minimum absolute atomic E-state index is 0.812. The van der Waals surface area contributed by atoms with Crippen LogP contribution in [0.25, 0.3) is 0 Å².